The van der Waals surface area contributed by atoms with Crippen LogP contribution in [0, 0.1) is 6.92 Å². The zero-order chi connectivity index (χ0) is 25.0. The molecule has 0 aliphatic carbocycles. The maximum atomic E-state index is 13.5. The maximum Gasteiger partial charge on any atom is 0.264 e. The smallest absolute Gasteiger partial charge is 0.264 e. The Labute approximate surface area is 209 Å². The second kappa shape index (κ2) is 10.5. The lowest BCUT2D eigenvalue weighted by molar-refractivity contribution is -0.127. The summed E-state index contributed by atoms with van der Waals surface area (Å²) in [4.78, 5) is 12.9. The molecule has 0 fully saturated rings. The first-order chi connectivity index (χ1) is 16.8. The molecule has 0 aromatic heterocycles. The number of amides is 1. The molecule has 1 unspecified atom stereocenters. The summed E-state index contributed by atoms with van der Waals surface area (Å²) in [7, 11) is -2.52. The SMILES string of the molecule is COc1ccc(S(=O)(=O)N2CC(C(=O)NCCOc3cccc(C)c3)Oc3ccc(Cl)cc32)cc1. The standard InChI is InChI=1S/C25H25ClN2O6S/c1-17-4-3-5-20(14-17)33-13-12-27-25(29)24-16-28(22-15-18(26)6-11-23(22)34-24)35(30,31)21-9-7-19(32-2)8-10-21/h3-11,14-15,24H,12-13,16H2,1-2H3,(H,27,29). The van der Waals surface area contributed by atoms with Crippen molar-refractivity contribution in [1.29, 1.82) is 0 Å². The Morgan fingerprint density at radius 2 is 1.89 bits per heavy atom. The van der Waals surface area contributed by atoms with Gasteiger partial charge in [0.25, 0.3) is 15.9 Å². The number of ether oxygens (including phenoxy) is 3. The van der Waals surface area contributed by atoms with E-state index >= 15 is 0 Å². The quantitative estimate of drug-likeness (QED) is 0.458. The van der Waals surface area contributed by atoms with Crippen molar-refractivity contribution < 1.29 is 27.4 Å². The molecule has 10 heteroatoms. The van der Waals surface area contributed by atoms with E-state index in [2.05, 4.69) is 5.32 Å². The van der Waals surface area contributed by atoms with E-state index in [1.807, 2.05) is 31.2 Å². The number of rotatable bonds is 8. The zero-order valence-corrected chi connectivity index (χ0v) is 20.8. The van der Waals surface area contributed by atoms with Gasteiger partial charge in [-0.05, 0) is 67.1 Å². The number of hydrogen-bond donors (Lipinski definition) is 1. The van der Waals surface area contributed by atoms with Gasteiger partial charge in [0, 0.05) is 5.02 Å². The molecule has 0 bridgehead atoms. The molecule has 8 nitrogen and oxygen atoms in total. The van der Waals surface area contributed by atoms with Crippen molar-refractivity contribution >= 4 is 33.2 Å². The van der Waals surface area contributed by atoms with Crippen LogP contribution in [0.4, 0.5) is 5.69 Å². The van der Waals surface area contributed by atoms with Crippen LogP contribution in [0.15, 0.2) is 71.6 Å². The van der Waals surface area contributed by atoms with Crippen molar-refractivity contribution in [3.8, 4) is 17.2 Å². The van der Waals surface area contributed by atoms with Gasteiger partial charge in [-0.15, -0.1) is 0 Å². The third-order valence-electron chi connectivity index (χ3n) is 5.39. The van der Waals surface area contributed by atoms with Crippen molar-refractivity contribution in [2.45, 2.75) is 17.9 Å². The predicted octanol–water partition coefficient (Wildman–Crippen LogP) is 3.81. The molecule has 1 aliphatic rings. The van der Waals surface area contributed by atoms with Gasteiger partial charge in [-0.2, -0.15) is 0 Å². The number of carbonyl (C=O) groups is 1. The second-order valence-corrected chi connectivity index (χ2v) is 10.2. The molecule has 184 valence electrons. The van der Waals surface area contributed by atoms with Crippen LogP contribution >= 0.6 is 11.6 Å². The fraction of sp³-hybridized carbons (Fsp3) is 0.240. The molecule has 1 aliphatic heterocycles. The fourth-order valence-electron chi connectivity index (χ4n) is 3.63. The summed E-state index contributed by atoms with van der Waals surface area (Å²) < 4.78 is 44.8. The lowest BCUT2D eigenvalue weighted by Crippen LogP contribution is -2.51. The average molecular weight is 517 g/mol. The third kappa shape index (κ3) is 5.63. The first-order valence-corrected chi connectivity index (χ1v) is 12.7. The summed E-state index contributed by atoms with van der Waals surface area (Å²) in [6.45, 7) is 2.23. The number of sulfonamides is 1. The molecule has 3 aromatic rings. The van der Waals surface area contributed by atoms with E-state index in [9.17, 15) is 13.2 Å². The Bertz CT molecular complexity index is 1310. The van der Waals surface area contributed by atoms with Crippen LogP contribution in [0.1, 0.15) is 5.56 Å². The van der Waals surface area contributed by atoms with Crippen LogP contribution in [-0.2, 0) is 14.8 Å². The highest BCUT2D eigenvalue weighted by atomic mass is 35.5. The summed E-state index contributed by atoms with van der Waals surface area (Å²) in [5, 5.41) is 3.10. The molecule has 0 radical (unpaired) electrons. The lowest BCUT2D eigenvalue weighted by Gasteiger charge is -2.34. The normalized spacial score (nSPS) is 15.1. The van der Waals surface area contributed by atoms with Crippen molar-refractivity contribution in [2.75, 3.05) is 31.1 Å². The zero-order valence-electron chi connectivity index (χ0n) is 19.2. The van der Waals surface area contributed by atoms with Gasteiger partial charge in [0.2, 0.25) is 0 Å². The van der Waals surface area contributed by atoms with Crippen LogP contribution in [-0.4, -0.2) is 47.2 Å². The van der Waals surface area contributed by atoms with E-state index in [4.69, 9.17) is 25.8 Å². The minimum atomic E-state index is -4.01. The number of benzene rings is 3. The Kier molecular flexibility index (Phi) is 7.37. The fourth-order valence-corrected chi connectivity index (χ4v) is 5.26. The molecule has 1 amide bonds. The predicted molar refractivity (Wildman–Crippen MR) is 133 cm³/mol. The summed E-state index contributed by atoms with van der Waals surface area (Å²) in [5.41, 5.74) is 1.33. The third-order valence-corrected chi connectivity index (χ3v) is 7.42. The van der Waals surface area contributed by atoms with Crippen LogP contribution in [0.5, 0.6) is 17.2 Å². The monoisotopic (exact) mass is 516 g/mol. The van der Waals surface area contributed by atoms with Crippen molar-refractivity contribution in [1.82, 2.24) is 5.32 Å². The minimum Gasteiger partial charge on any atom is -0.497 e. The summed E-state index contributed by atoms with van der Waals surface area (Å²) in [5.74, 6) is 1.03. The highest BCUT2D eigenvalue weighted by Crippen LogP contribution is 2.39. The number of nitrogens with one attached hydrogen (secondary N) is 1. The van der Waals surface area contributed by atoms with E-state index < -0.39 is 22.0 Å². The summed E-state index contributed by atoms with van der Waals surface area (Å²) in [6, 6.07) is 18.2. The Morgan fingerprint density at radius 1 is 1.11 bits per heavy atom. The van der Waals surface area contributed by atoms with E-state index in [1.165, 1.54) is 25.3 Å². The summed E-state index contributed by atoms with van der Waals surface area (Å²) in [6.07, 6.45) is -1.06. The molecule has 0 saturated carbocycles. The molecule has 0 saturated heterocycles. The highest BCUT2D eigenvalue weighted by molar-refractivity contribution is 7.92. The number of halogens is 1. The largest absolute Gasteiger partial charge is 0.497 e. The first-order valence-electron chi connectivity index (χ1n) is 10.9. The van der Waals surface area contributed by atoms with E-state index in [-0.39, 0.29) is 36.0 Å². The van der Waals surface area contributed by atoms with E-state index in [0.29, 0.717) is 16.5 Å². The van der Waals surface area contributed by atoms with Crippen molar-refractivity contribution in [3.63, 3.8) is 0 Å². The average Bonchev–Trinajstić information content (AvgIpc) is 2.86. The van der Waals surface area contributed by atoms with Crippen molar-refractivity contribution in [3.05, 3.63) is 77.3 Å². The van der Waals surface area contributed by atoms with Crippen molar-refractivity contribution in [2.24, 2.45) is 0 Å². The number of nitrogens with zero attached hydrogens (tertiary/aromatic N) is 1. The number of carbonyl (C=O) groups excluding carboxylic acids is 1. The van der Waals surface area contributed by atoms with Gasteiger partial charge in [-0.1, -0.05) is 23.7 Å². The Balaban J connectivity index is 1.49. The molecule has 35 heavy (non-hydrogen) atoms. The maximum absolute atomic E-state index is 13.5. The minimum absolute atomic E-state index is 0.0526. The number of anilines is 1. The Hall–Kier alpha value is -3.43. The molecular weight excluding hydrogens is 492 g/mol. The van der Waals surface area contributed by atoms with Gasteiger partial charge >= 0.3 is 0 Å². The number of hydrogen-bond acceptors (Lipinski definition) is 6. The number of fused-ring (bicyclic) bond motifs is 1. The first kappa shape index (κ1) is 24.7. The topological polar surface area (TPSA) is 94.2 Å². The molecule has 1 atom stereocenters. The molecule has 0 spiro atoms. The lowest BCUT2D eigenvalue weighted by atomic mass is 10.2. The number of aryl methyl sites for hydroxylation is 1. The summed E-state index contributed by atoms with van der Waals surface area (Å²) >= 11 is 6.13. The highest BCUT2D eigenvalue weighted by Gasteiger charge is 2.37. The van der Waals surface area contributed by atoms with Gasteiger partial charge in [0.1, 0.15) is 23.9 Å². The molecule has 1 N–H and O–H groups in total. The van der Waals surface area contributed by atoms with Gasteiger partial charge in [-0.3, -0.25) is 9.10 Å². The Morgan fingerprint density at radius 3 is 2.60 bits per heavy atom. The van der Waals surface area contributed by atoms with Gasteiger partial charge in [0.15, 0.2) is 6.10 Å². The van der Waals surface area contributed by atoms with Crippen LogP contribution in [0.25, 0.3) is 0 Å². The van der Waals surface area contributed by atoms with E-state index in [0.717, 1.165) is 9.87 Å². The van der Waals surface area contributed by atoms with Crippen LogP contribution < -0.4 is 23.8 Å². The van der Waals surface area contributed by atoms with Crippen LogP contribution in [0.3, 0.4) is 0 Å². The molecular formula is C25H25ClN2O6S. The molecule has 1 heterocycles. The number of methoxy groups -OCH3 is 1. The van der Waals surface area contributed by atoms with Gasteiger partial charge < -0.3 is 19.5 Å². The molecule has 4 rings (SSSR count). The van der Waals surface area contributed by atoms with E-state index in [1.54, 1.807) is 24.3 Å². The molecule has 3 aromatic carbocycles. The van der Waals surface area contributed by atoms with Gasteiger partial charge in [-0.25, -0.2) is 8.42 Å². The van der Waals surface area contributed by atoms with Gasteiger partial charge in [0.05, 0.1) is 30.8 Å². The second-order valence-electron chi connectivity index (χ2n) is 7.89. The van der Waals surface area contributed by atoms with Crippen LogP contribution in [0.2, 0.25) is 5.02 Å².